The fraction of sp³-hybridized carbons (Fsp3) is 0.263. The van der Waals surface area contributed by atoms with Gasteiger partial charge in [0.1, 0.15) is 24.2 Å². The van der Waals surface area contributed by atoms with Gasteiger partial charge in [-0.05, 0) is 36.4 Å². The number of piperazine rings is 1. The summed E-state index contributed by atoms with van der Waals surface area (Å²) < 4.78 is 17.3. The summed E-state index contributed by atoms with van der Waals surface area (Å²) in [6, 6.07) is 12.8. The molecule has 0 radical (unpaired) electrons. The molecule has 0 unspecified atom stereocenters. The van der Waals surface area contributed by atoms with Crippen LogP contribution in [0.5, 0.6) is 5.75 Å². The molecule has 8 heteroatoms. The van der Waals surface area contributed by atoms with Crippen molar-refractivity contribution in [1.82, 2.24) is 10.3 Å². The van der Waals surface area contributed by atoms with Gasteiger partial charge in [-0.15, -0.1) is 0 Å². The number of aromatic nitrogens is 1. The fourth-order valence-corrected chi connectivity index (χ4v) is 2.95. The van der Waals surface area contributed by atoms with Gasteiger partial charge in [0.15, 0.2) is 5.76 Å². The zero-order valence-electron chi connectivity index (χ0n) is 14.4. The van der Waals surface area contributed by atoms with Crippen molar-refractivity contribution < 1.29 is 13.6 Å². The van der Waals surface area contributed by atoms with E-state index in [2.05, 4.69) is 16.4 Å². The van der Waals surface area contributed by atoms with Gasteiger partial charge in [-0.2, -0.15) is 10.2 Å². The molecule has 1 fully saturated rings. The maximum Gasteiger partial charge on any atom is 0.266 e. The molecule has 0 amide bonds. The van der Waals surface area contributed by atoms with Crippen molar-refractivity contribution in [2.45, 2.75) is 6.61 Å². The van der Waals surface area contributed by atoms with Gasteiger partial charge in [-0.25, -0.2) is 0 Å². The minimum atomic E-state index is 0.262. The molecule has 4 rings (SSSR count). The minimum Gasteiger partial charge on any atom is -0.486 e. The Bertz CT molecular complexity index is 952. The van der Waals surface area contributed by atoms with Gasteiger partial charge in [0, 0.05) is 31.2 Å². The van der Waals surface area contributed by atoms with Crippen molar-refractivity contribution in [3.05, 3.63) is 52.9 Å². The molecule has 1 aliphatic heterocycles. The van der Waals surface area contributed by atoms with Crippen LogP contribution in [0.2, 0.25) is 5.02 Å². The van der Waals surface area contributed by atoms with E-state index in [1.54, 1.807) is 36.4 Å². The van der Waals surface area contributed by atoms with E-state index in [0.717, 1.165) is 26.2 Å². The Kier molecular flexibility index (Phi) is 5.01. The van der Waals surface area contributed by atoms with Gasteiger partial charge >= 0.3 is 0 Å². The number of halogens is 1. The van der Waals surface area contributed by atoms with E-state index in [1.165, 1.54) is 0 Å². The molecule has 1 saturated heterocycles. The maximum atomic E-state index is 9.37. The van der Waals surface area contributed by atoms with Crippen LogP contribution in [0.4, 0.5) is 5.88 Å². The topological polar surface area (TPSA) is 87.5 Å². The predicted octanol–water partition coefficient (Wildman–Crippen LogP) is 3.45. The molecule has 0 saturated carbocycles. The largest absolute Gasteiger partial charge is 0.486 e. The first-order chi connectivity index (χ1) is 13.2. The van der Waals surface area contributed by atoms with Crippen LogP contribution in [0.15, 0.2) is 45.2 Å². The number of nitriles is 1. The minimum absolute atomic E-state index is 0.262. The summed E-state index contributed by atoms with van der Waals surface area (Å²) in [5.74, 6) is 2.56. The van der Waals surface area contributed by atoms with Crippen LogP contribution in [0.3, 0.4) is 0 Å². The summed E-state index contributed by atoms with van der Waals surface area (Å²) in [5.41, 5.74) is 0.266. The standard InChI is InChI=1S/C19H17ClN4O3/c20-13-1-3-14(4-2-13)25-12-15-5-6-17(26-15)18-23-16(11-21)19(27-18)24-9-7-22-8-10-24/h1-6,22H,7-10,12H2. The van der Waals surface area contributed by atoms with Gasteiger partial charge in [0.25, 0.3) is 5.89 Å². The summed E-state index contributed by atoms with van der Waals surface area (Å²) in [5, 5.41) is 13.3. The lowest BCUT2D eigenvalue weighted by molar-refractivity contribution is 0.271. The first-order valence-electron chi connectivity index (χ1n) is 8.57. The molecule has 2 aromatic heterocycles. The van der Waals surface area contributed by atoms with Gasteiger partial charge in [0.05, 0.1) is 0 Å². The van der Waals surface area contributed by atoms with Crippen molar-refractivity contribution in [3.63, 3.8) is 0 Å². The predicted molar refractivity (Wildman–Crippen MR) is 99.8 cm³/mol. The van der Waals surface area contributed by atoms with Gasteiger partial charge in [-0.3, -0.25) is 0 Å². The van der Waals surface area contributed by atoms with Crippen molar-refractivity contribution in [3.8, 4) is 23.5 Å². The summed E-state index contributed by atoms with van der Waals surface area (Å²) in [6.07, 6.45) is 0. The monoisotopic (exact) mass is 384 g/mol. The van der Waals surface area contributed by atoms with Crippen LogP contribution in [-0.4, -0.2) is 31.2 Å². The highest BCUT2D eigenvalue weighted by atomic mass is 35.5. The summed E-state index contributed by atoms with van der Waals surface area (Å²) >= 11 is 5.86. The number of anilines is 1. The quantitative estimate of drug-likeness (QED) is 0.720. The maximum absolute atomic E-state index is 9.37. The Morgan fingerprint density at radius 1 is 1.15 bits per heavy atom. The van der Waals surface area contributed by atoms with E-state index in [4.69, 9.17) is 25.2 Å². The average molecular weight is 385 g/mol. The summed E-state index contributed by atoms with van der Waals surface area (Å²) in [4.78, 5) is 6.29. The van der Waals surface area contributed by atoms with Crippen LogP contribution in [-0.2, 0) is 6.61 Å². The number of oxazole rings is 1. The third-order valence-corrected chi connectivity index (χ3v) is 4.44. The number of hydrogen-bond acceptors (Lipinski definition) is 7. The molecular weight excluding hydrogens is 368 g/mol. The number of furan rings is 1. The molecule has 0 aliphatic carbocycles. The van der Waals surface area contributed by atoms with E-state index in [1.807, 2.05) is 4.90 Å². The van der Waals surface area contributed by atoms with Crippen molar-refractivity contribution in [1.29, 1.82) is 5.26 Å². The average Bonchev–Trinajstić information content (AvgIpc) is 3.35. The van der Waals surface area contributed by atoms with Gasteiger partial charge in [-0.1, -0.05) is 11.6 Å². The third kappa shape index (κ3) is 3.92. The van der Waals surface area contributed by atoms with E-state index >= 15 is 0 Å². The first-order valence-corrected chi connectivity index (χ1v) is 8.95. The lowest BCUT2D eigenvalue weighted by atomic mass is 10.3. The fourth-order valence-electron chi connectivity index (χ4n) is 2.83. The molecule has 27 heavy (non-hydrogen) atoms. The lowest BCUT2D eigenvalue weighted by Crippen LogP contribution is -2.43. The molecule has 0 bridgehead atoms. The SMILES string of the molecule is N#Cc1nc(-c2ccc(COc3ccc(Cl)cc3)o2)oc1N1CCNCC1. The number of rotatable bonds is 5. The number of hydrogen-bond donors (Lipinski definition) is 1. The van der Waals surface area contributed by atoms with Crippen molar-refractivity contribution >= 4 is 17.5 Å². The van der Waals surface area contributed by atoms with Crippen LogP contribution in [0.1, 0.15) is 11.5 Å². The zero-order chi connectivity index (χ0) is 18.6. The Hall–Kier alpha value is -2.95. The first kappa shape index (κ1) is 17.5. The second kappa shape index (κ2) is 7.74. The highest BCUT2D eigenvalue weighted by Crippen LogP contribution is 2.30. The number of ether oxygens (including phenoxy) is 1. The molecule has 3 aromatic rings. The number of nitrogens with one attached hydrogen (secondary N) is 1. The van der Waals surface area contributed by atoms with E-state index < -0.39 is 0 Å². The van der Waals surface area contributed by atoms with Gasteiger partial charge < -0.3 is 23.8 Å². The van der Waals surface area contributed by atoms with E-state index in [9.17, 15) is 5.26 Å². The molecule has 0 atom stereocenters. The Labute approximate surface area is 161 Å². The second-order valence-electron chi connectivity index (χ2n) is 6.03. The molecule has 1 aromatic carbocycles. The Morgan fingerprint density at radius 3 is 2.67 bits per heavy atom. The summed E-state index contributed by atoms with van der Waals surface area (Å²) in [6.45, 7) is 3.48. The molecule has 1 N–H and O–H groups in total. The van der Waals surface area contributed by atoms with Crippen LogP contribution < -0.4 is 15.0 Å². The zero-order valence-corrected chi connectivity index (χ0v) is 15.2. The van der Waals surface area contributed by atoms with E-state index in [-0.39, 0.29) is 18.2 Å². The number of nitrogens with zero attached hydrogens (tertiary/aromatic N) is 3. The molecular formula is C19H17ClN4O3. The Balaban J connectivity index is 1.48. The molecule has 1 aliphatic rings. The summed E-state index contributed by atoms with van der Waals surface area (Å²) in [7, 11) is 0. The van der Waals surface area contributed by atoms with Gasteiger partial charge in [0.2, 0.25) is 11.6 Å². The highest BCUT2D eigenvalue weighted by molar-refractivity contribution is 6.30. The third-order valence-electron chi connectivity index (χ3n) is 4.19. The number of benzene rings is 1. The van der Waals surface area contributed by atoms with Crippen LogP contribution in [0.25, 0.3) is 11.7 Å². The van der Waals surface area contributed by atoms with Crippen LogP contribution in [0, 0.1) is 11.3 Å². The molecule has 7 nitrogen and oxygen atoms in total. The highest BCUT2D eigenvalue weighted by Gasteiger charge is 2.23. The van der Waals surface area contributed by atoms with Crippen molar-refractivity contribution in [2.24, 2.45) is 0 Å². The smallest absolute Gasteiger partial charge is 0.266 e. The molecule has 0 spiro atoms. The lowest BCUT2D eigenvalue weighted by Gasteiger charge is -2.26. The van der Waals surface area contributed by atoms with Crippen LogP contribution >= 0.6 is 11.6 Å². The second-order valence-corrected chi connectivity index (χ2v) is 6.47. The van der Waals surface area contributed by atoms with Crippen molar-refractivity contribution in [2.75, 3.05) is 31.1 Å². The Morgan fingerprint density at radius 2 is 1.93 bits per heavy atom. The molecule has 138 valence electrons. The van der Waals surface area contributed by atoms with E-state index in [0.29, 0.717) is 28.2 Å². The normalized spacial score (nSPS) is 14.1. The molecule has 3 heterocycles.